The SMILES string of the molecule is Cn1cnc(C2CC3CC(O)(C4CCNC4=O)CC3C2)c1C(=O)Nc1ccc(F)c(Cl)c1. The number of hydrogen-bond donors (Lipinski definition) is 3. The van der Waals surface area contributed by atoms with Crippen LogP contribution in [0.2, 0.25) is 5.02 Å². The van der Waals surface area contributed by atoms with Crippen LogP contribution in [0.3, 0.4) is 0 Å². The second kappa shape index (κ2) is 7.85. The lowest BCUT2D eigenvalue weighted by Crippen LogP contribution is -2.40. The molecule has 0 spiro atoms. The third kappa shape index (κ3) is 3.59. The number of aromatic nitrogens is 2. The molecule has 2 saturated carbocycles. The number of rotatable bonds is 4. The lowest BCUT2D eigenvalue weighted by molar-refractivity contribution is -0.131. The van der Waals surface area contributed by atoms with Crippen molar-refractivity contribution >= 4 is 29.1 Å². The fourth-order valence-electron chi connectivity index (χ4n) is 6.11. The van der Waals surface area contributed by atoms with E-state index in [9.17, 15) is 19.1 Å². The van der Waals surface area contributed by atoms with E-state index in [0.29, 0.717) is 49.0 Å². The zero-order valence-electron chi connectivity index (χ0n) is 17.8. The number of hydrogen-bond acceptors (Lipinski definition) is 4. The number of amides is 2. The third-order valence-electron chi connectivity index (χ3n) is 7.51. The molecule has 3 fully saturated rings. The number of aliphatic hydroxyl groups is 1. The van der Waals surface area contributed by atoms with Crippen molar-refractivity contribution in [1.29, 1.82) is 0 Å². The highest BCUT2D eigenvalue weighted by atomic mass is 35.5. The van der Waals surface area contributed by atoms with Crippen molar-refractivity contribution in [3.05, 3.63) is 46.8 Å². The van der Waals surface area contributed by atoms with Gasteiger partial charge < -0.3 is 20.3 Å². The van der Waals surface area contributed by atoms with Gasteiger partial charge in [0.05, 0.1) is 28.6 Å². The van der Waals surface area contributed by atoms with Crippen molar-refractivity contribution in [1.82, 2.24) is 14.9 Å². The molecule has 2 heterocycles. The van der Waals surface area contributed by atoms with Crippen LogP contribution in [-0.4, -0.2) is 38.6 Å². The van der Waals surface area contributed by atoms with Gasteiger partial charge in [0.15, 0.2) is 0 Å². The fraction of sp³-hybridized carbons (Fsp3) is 0.522. The summed E-state index contributed by atoms with van der Waals surface area (Å²) in [5, 5.41) is 16.8. The fourth-order valence-corrected chi connectivity index (χ4v) is 6.29. The Hall–Kier alpha value is -2.45. The molecule has 7 nitrogen and oxygen atoms in total. The van der Waals surface area contributed by atoms with Crippen LogP contribution in [0.4, 0.5) is 10.1 Å². The Morgan fingerprint density at radius 3 is 2.69 bits per heavy atom. The molecule has 2 aromatic rings. The van der Waals surface area contributed by atoms with Gasteiger partial charge in [-0.15, -0.1) is 0 Å². The summed E-state index contributed by atoms with van der Waals surface area (Å²) in [7, 11) is 1.77. The molecule has 3 atom stereocenters. The third-order valence-corrected chi connectivity index (χ3v) is 7.80. The molecule has 3 unspecified atom stereocenters. The van der Waals surface area contributed by atoms with Crippen LogP contribution in [-0.2, 0) is 11.8 Å². The number of imidazole rings is 1. The van der Waals surface area contributed by atoms with E-state index in [1.165, 1.54) is 18.2 Å². The summed E-state index contributed by atoms with van der Waals surface area (Å²) in [5.41, 5.74) is 0.708. The summed E-state index contributed by atoms with van der Waals surface area (Å²) in [5.74, 6) is -0.471. The topological polar surface area (TPSA) is 96.2 Å². The van der Waals surface area contributed by atoms with Gasteiger partial charge in [-0.1, -0.05) is 11.6 Å². The van der Waals surface area contributed by atoms with Gasteiger partial charge in [0.25, 0.3) is 5.91 Å². The number of anilines is 1. The normalized spacial score (nSPS) is 31.6. The Morgan fingerprint density at radius 1 is 1.34 bits per heavy atom. The number of fused-ring (bicyclic) bond motifs is 1. The zero-order valence-corrected chi connectivity index (χ0v) is 18.5. The van der Waals surface area contributed by atoms with E-state index < -0.39 is 11.4 Å². The molecule has 1 saturated heterocycles. The van der Waals surface area contributed by atoms with Crippen LogP contribution >= 0.6 is 11.6 Å². The van der Waals surface area contributed by atoms with Crippen LogP contribution in [0.5, 0.6) is 0 Å². The van der Waals surface area contributed by atoms with Crippen LogP contribution in [0.15, 0.2) is 24.5 Å². The highest BCUT2D eigenvalue weighted by Crippen LogP contribution is 2.56. The summed E-state index contributed by atoms with van der Waals surface area (Å²) in [6, 6.07) is 4.06. The van der Waals surface area contributed by atoms with Gasteiger partial charge in [-0.05, 0) is 62.1 Å². The zero-order chi connectivity index (χ0) is 22.6. The van der Waals surface area contributed by atoms with Gasteiger partial charge in [0, 0.05) is 25.2 Å². The first-order chi connectivity index (χ1) is 15.2. The number of nitrogens with one attached hydrogen (secondary N) is 2. The first-order valence-corrected chi connectivity index (χ1v) is 11.4. The Balaban J connectivity index is 1.31. The minimum atomic E-state index is -0.924. The van der Waals surface area contributed by atoms with Gasteiger partial charge in [0.1, 0.15) is 11.5 Å². The van der Waals surface area contributed by atoms with Crippen molar-refractivity contribution < 1.29 is 19.1 Å². The quantitative estimate of drug-likeness (QED) is 0.652. The molecule has 0 bridgehead atoms. The molecule has 9 heteroatoms. The lowest BCUT2D eigenvalue weighted by atomic mass is 9.81. The van der Waals surface area contributed by atoms with Crippen LogP contribution in [0, 0.1) is 23.6 Å². The Bertz CT molecular complexity index is 1070. The smallest absolute Gasteiger partial charge is 0.274 e. The van der Waals surface area contributed by atoms with Crippen molar-refractivity contribution in [3.63, 3.8) is 0 Å². The van der Waals surface area contributed by atoms with Gasteiger partial charge in [-0.3, -0.25) is 9.59 Å². The Labute approximate surface area is 190 Å². The molecule has 1 aliphatic heterocycles. The Morgan fingerprint density at radius 2 is 2.06 bits per heavy atom. The van der Waals surface area contributed by atoms with E-state index in [1.54, 1.807) is 17.9 Å². The highest BCUT2D eigenvalue weighted by Gasteiger charge is 2.55. The minimum Gasteiger partial charge on any atom is -0.389 e. The molecular weight excluding hydrogens is 435 g/mol. The number of halogens is 2. The first kappa shape index (κ1) is 21.4. The summed E-state index contributed by atoms with van der Waals surface area (Å²) in [4.78, 5) is 29.7. The molecule has 1 aromatic heterocycles. The lowest BCUT2D eigenvalue weighted by Gasteiger charge is -2.29. The van der Waals surface area contributed by atoms with Crippen LogP contribution < -0.4 is 10.6 Å². The van der Waals surface area contributed by atoms with Gasteiger partial charge in [-0.2, -0.15) is 0 Å². The van der Waals surface area contributed by atoms with E-state index in [2.05, 4.69) is 15.6 Å². The summed E-state index contributed by atoms with van der Waals surface area (Å²) >= 11 is 5.83. The largest absolute Gasteiger partial charge is 0.389 e. The number of aryl methyl sites for hydroxylation is 1. The summed E-state index contributed by atoms with van der Waals surface area (Å²) < 4.78 is 15.1. The molecule has 2 aliphatic carbocycles. The highest BCUT2D eigenvalue weighted by molar-refractivity contribution is 6.31. The minimum absolute atomic E-state index is 0.0337. The number of benzene rings is 1. The van der Waals surface area contributed by atoms with Gasteiger partial charge in [-0.25, -0.2) is 9.37 Å². The maximum absolute atomic E-state index is 13.4. The van der Waals surface area contributed by atoms with Crippen LogP contribution in [0.1, 0.15) is 54.2 Å². The molecule has 5 rings (SSSR count). The number of carbonyl (C=O) groups excluding carboxylic acids is 2. The molecule has 170 valence electrons. The summed E-state index contributed by atoms with van der Waals surface area (Å²) in [6.07, 6.45) is 5.23. The van der Waals surface area contributed by atoms with Crippen LogP contribution in [0.25, 0.3) is 0 Å². The predicted molar refractivity (Wildman–Crippen MR) is 117 cm³/mol. The average molecular weight is 461 g/mol. The van der Waals surface area contributed by atoms with E-state index in [4.69, 9.17) is 11.6 Å². The van der Waals surface area contributed by atoms with E-state index >= 15 is 0 Å². The summed E-state index contributed by atoms with van der Waals surface area (Å²) in [6.45, 7) is 0.634. The second-order valence-corrected chi connectivity index (χ2v) is 9.91. The number of carbonyl (C=O) groups is 2. The van der Waals surface area contributed by atoms with E-state index in [0.717, 1.165) is 18.5 Å². The number of nitrogens with zero attached hydrogens (tertiary/aromatic N) is 2. The van der Waals surface area contributed by atoms with E-state index in [1.807, 2.05) is 0 Å². The molecule has 3 N–H and O–H groups in total. The van der Waals surface area contributed by atoms with Crippen molar-refractivity contribution in [2.45, 2.75) is 43.6 Å². The molecule has 0 radical (unpaired) electrons. The molecular formula is C23H26ClFN4O3. The van der Waals surface area contributed by atoms with E-state index in [-0.39, 0.29) is 28.7 Å². The standard InChI is InChI=1S/C23H26ClFN4O3/c1-29-11-27-19(20(29)22(31)28-15-2-3-18(25)17(24)8-15)12-6-13-9-23(32,10-14(13)7-12)16-4-5-26-21(16)30/h2-3,8,11-14,16,32H,4-7,9-10H2,1H3,(H,26,30)(H,28,31). The maximum atomic E-state index is 13.4. The first-order valence-electron chi connectivity index (χ1n) is 11.0. The van der Waals surface area contributed by atoms with Gasteiger partial charge in [0.2, 0.25) is 5.91 Å². The van der Waals surface area contributed by atoms with Crippen molar-refractivity contribution in [2.24, 2.45) is 24.8 Å². The average Bonchev–Trinajstić information content (AvgIpc) is 3.47. The Kier molecular flexibility index (Phi) is 5.25. The molecule has 2 amide bonds. The van der Waals surface area contributed by atoms with Gasteiger partial charge >= 0.3 is 0 Å². The van der Waals surface area contributed by atoms with Crippen molar-refractivity contribution in [2.75, 3.05) is 11.9 Å². The monoisotopic (exact) mass is 460 g/mol. The second-order valence-electron chi connectivity index (χ2n) is 9.50. The van der Waals surface area contributed by atoms with Crippen molar-refractivity contribution in [3.8, 4) is 0 Å². The molecule has 3 aliphatic rings. The maximum Gasteiger partial charge on any atom is 0.274 e. The molecule has 32 heavy (non-hydrogen) atoms. The predicted octanol–water partition coefficient (Wildman–Crippen LogP) is 3.24. The molecule has 1 aromatic carbocycles.